The van der Waals surface area contributed by atoms with E-state index >= 15 is 0 Å². The van der Waals surface area contributed by atoms with Crippen molar-refractivity contribution < 1.29 is 0 Å². The number of nitrogens with one attached hydrogen (secondary N) is 1. The van der Waals surface area contributed by atoms with E-state index in [9.17, 15) is 0 Å². The van der Waals surface area contributed by atoms with Crippen LogP contribution in [0.1, 0.15) is 41.2 Å². The summed E-state index contributed by atoms with van der Waals surface area (Å²) >= 11 is 6.34. The van der Waals surface area contributed by atoms with Crippen molar-refractivity contribution in [3.63, 3.8) is 0 Å². The van der Waals surface area contributed by atoms with Gasteiger partial charge in [-0.3, -0.25) is 9.36 Å². The molecule has 0 spiro atoms. The third-order valence-electron chi connectivity index (χ3n) is 4.24. The van der Waals surface area contributed by atoms with E-state index in [-0.39, 0.29) is 0 Å². The lowest BCUT2D eigenvalue weighted by Crippen LogP contribution is -2.16. The fourth-order valence-electron chi connectivity index (χ4n) is 2.67. The molecule has 3 rings (SSSR count). The largest absolute Gasteiger partial charge is 0.310 e. The summed E-state index contributed by atoms with van der Waals surface area (Å²) in [6, 6.07) is 0.710. The molecule has 21 heavy (non-hydrogen) atoms. The van der Waals surface area contributed by atoms with Crippen LogP contribution in [0, 0.1) is 20.8 Å². The van der Waals surface area contributed by atoms with Crippen molar-refractivity contribution >= 4 is 11.6 Å². The molecule has 0 aromatic carbocycles. The first kappa shape index (κ1) is 14.6. The molecular formula is C15H22ClN5. The SMILES string of the molecule is Cc1nn(C)c(Cn2nc(C)c(CNC3CC3)c2C)c1Cl. The smallest absolute Gasteiger partial charge is 0.0866 e. The molecule has 6 heteroatoms. The van der Waals surface area contributed by atoms with Gasteiger partial charge in [0.25, 0.3) is 0 Å². The molecule has 2 aromatic rings. The Morgan fingerprint density at radius 1 is 1.19 bits per heavy atom. The average Bonchev–Trinajstić information content (AvgIpc) is 3.17. The molecule has 2 heterocycles. The molecule has 0 unspecified atom stereocenters. The monoisotopic (exact) mass is 307 g/mol. The lowest BCUT2D eigenvalue weighted by atomic mass is 10.2. The van der Waals surface area contributed by atoms with Crippen LogP contribution < -0.4 is 5.32 Å². The molecule has 5 nitrogen and oxygen atoms in total. The number of aryl methyl sites for hydroxylation is 3. The second-order valence-corrected chi connectivity index (χ2v) is 6.31. The highest BCUT2D eigenvalue weighted by molar-refractivity contribution is 6.31. The van der Waals surface area contributed by atoms with Gasteiger partial charge >= 0.3 is 0 Å². The zero-order valence-electron chi connectivity index (χ0n) is 13.1. The molecule has 0 amide bonds. The molecule has 1 fully saturated rings. The van der Waals surface area contributed by atoms with Crippen LogP contribution >= 0.6 is 11.6 Å². The average molecular weight is 308 g/mol. The first-order valence-corrected chi connectivity index (χ1v) is 7.79. The molecule has 0 bridgehead atoms. The maximum Gasteiger partial charge on any atom is 0.0866 e. The van der Waals surface area contributed by atoms with Crippen LogP contribution in [0.5, 0.6) is 0 Å². The molecule has 0 radical (unpaired) electrons. The van der Waals surface area contributed by atoms with Crippen molar-refractivity contribution in [3.8, 4) is 0 Å². The Morgan fingerprint density at radius 3 is 2.48 bits per heavy atom. The van der Waals surface area contributed by atoms with Gasteiger partial charge in [0.1, 0.15) is 0 Å². The lowest BCUT2D eigenvalue weighted by molar-refractivity contribution is 0.601. The highest BCUT2D eigenvalue weighted by atomic mass is 35.5. The predicted molar refractivity (Wildman–Crippen MR) is 83.6 cm³/mol. The fraction of sp³-hybridized carbons (Fsp3) is 0.600. The summed E-state index contributed by atoms with van der Waals surface area (Å²) in [7, 11) is 1.93. The van der Waals surface area contributed by atoms with Crippen LogP contribution in [-0.4, -0.2) is 25.6 Å². The van der Waals surface area contributed by atoms with Crippen LogP contribution in [0.4, 0.5) is 0 Å². The zero-order chi connectivity index (χ0) is 15.1. The van der Waals surface area contributed by atoms with Gasteiger partial charge in [-0.15, -0.1) is 0 Å². The standard InChI is InChI=1S/C15H22ClN5/c1-9-13(7-17-12-5-6-12)11(3)21(19-9)8-14-15(16)10(2)18-20(14)4/h12,17H,5-8H2,1-4H3. The number of hydrogen-bond donors (Lipinski definition) is 1. The van der Waals surface area contributed by atoms with Crippen molar-refractivity contribution in [2.45, 2.75) is 52.7 Å². The Balaban J connectivity index is 1.83. The zero-order valence-corrected chi connectivity index (χ0v) is 13.8. The van der Waals surface area contributed by atoms with Gasteiger partial charge in [-0.25, -0.2) is 0 Å². The number of rotatable bonds is 5. The summed E-state index contributed by atoms with van der Waals surface area (Å²) in [6.45, 7) is 7.69. The minimum Gasteiger partial charge on any atom is -0.310 e. The molecule has 1 aliphatic carbocycles. The van der Waals surface area contributed by atoms with Gasteiger partial charge in [0.05, 0.1) is 28.6 Å². The molecular weight excluding hydrogens is 286 g/mol. The fourth-order valence-corrected chi connectivity index (χ4v) is 2.89. The van der Waals surface area contributed by atoms with Crippen LogP contribution in [0.25, 0.3) is 0 Å². The second-order valence-electron chi connectivity index (χ2n) is 5.93. The highest BCUT2D eigenvalue weighted by Gasteiger charge is 2.22. The van der Waals surface area contributed by atoms with Gasteiger partial charge in [0, 0.05) is 30.9 Å². The van der Waals surface area contributed by atoms with Gasteiger partial charge < -0.3 is 5.32 Å². The summed E-state index contributed by atoms with van der Waals surface area (Å²) in [5, 5.41) is 13.3. The van der Waals surface area contributed by atoms with Crippen LogP contribution in [0.15, 0.2) is 0 Å². The van der Waals surface area contributed by atoms with Crippen molar-refractivity contribution in [2.24, 2.45) is 7.05 Å². The molecule has 1 N–H and O–H groups in total. The minimum atomic E-state index is 0.659. The lowest BCUT2D eigenvalue weighted by Gasteiger charge is -2.07. The first-order chi connectivity index (χ1) is 9.97. The van der Waals surface area contributed by atoms with Gasteiger partial charge in [-0.2, -0.15) is 10.2 Å². The molecule has 114 valence electrons. The van der Waals surface area contributed by atoms with E-state index < -0.39 is 0 Å². The van der Waals surface area contributed by atoms with E-state index in [4.69, 9.17) is 11.6 Å². The van der Waals surface area contributed by atoms with Crippen molar-refractivity contribution in [3.05, 3.63) is 33.4 Å². The maximum absolute atomic E-state index is 6.34. The van der Waals surface area contributed by atoms with Crippen molar-refractivity contribution in [1.82, 2.24) is 24.9 Å². The van der Waals surface area contributed by atoms with E-state index in [0.29, 0.717) is 12.6 Å². The van der Waals surface area contributed by atoms with Gasteiger partial charge in [-0.05, 0) is 33.6 Å². The summed E-state index contributed by atoms with van der Waals surface area (Å²) < 4.78 is 3.87. The van der Waals surface area contributed by atoms with Gasteiger partial charge in [0.2, 0.25) is 0 Å². The van der Waals surface area contributed by atoms with Crippen LogP contribution in [-0.2, 0) is 20.1 Å². The quantitative estimate of drug-likeness (QED) is 0.923. The van der Waals surface area contributed by atoms with Gasteiger partial charge in [0.15, 0.2) is 0 Å². The topological polar surface area (TPSA) is 47.7 Å². The normalized spacial score (nSPS) is 14.9. The van der Waals surface area contributed by atoms with Crippen LogP contribution in [0.3, 0.4) is 0 Å². The van der Waals surface area contributed by atoms with E-state index in [0.717, 1.165) is 28.6 Å². The number of halogens is 1. The third kappa shape index (κ3) is 2.85. The van der Waals surface area contributed by atoms with Crippen LogP contribution in [0.2, 0.25) is 5.02 Å². The Labute approximate surface area is 130 Å². The molecule has 0 atom stereocenters. The minimum absolute atomic E-state index is 0.659. The Morgan fingerprint density at radius 2 is 1.90 bits per heavy atom. The number of hydrogen-bond acceptors (Lipinski definition) is 3. The van der Waals surface area contributed by atoms with Crippen molar-refractivity contribution in [2.75, 3.05) is 0 Å². The molecule has 2 aromatic heterocycles. The molecule has 0 saturated heterocycles. The highest BCUT2D eigenvalue weighted by Crippen LogP contribution is 2.23. The Kier molecular flexibility index (Phi) is 3.80. The number of aromatic nitrogens is 4. The summed E-state index contributed by atoms with van der Waals surface area (Å²) in [5.74, 6) is 0. The van der Waals surface area contributed by atoms with Crippen molar-refractivity contribution in [1.29, 1.82) is 0 Å². The van der Waals surface area contributed by atoms with E-state index in [2.05, 4.69) is 29.4 Å². The maximum atomic E-state index is 6.34. The number of nitrogens with zero attached hydrogens (tertiary/aromatic N) is 4. The van der Waals surface area contributed by atoms with Gasteiger partial charge in [-0.1, -0.05) is 11.6 Å². The predicted octanol–water partition coefficient (Wildman–Crippen LogP) is 2.50. The van der Waals surface area contributed by atoms with E-state index in [1.54, 1.807) is 0 Å². The van der Waals surface area contributed by atoms with E-state index in [1.807, 2.05) is 23.3 Å². The summed E-state index contributed by atoms with van der Waals surface area (Å²) in [5.41, 5.74) is 5.47. The Bertz CT molecular complexity index is 666. The molecule has 1 aliphatic rings. The summed E-state index contributed by atoms with van der Waals surface area (Å²) in [6.07, 6.45) is 2.60. The first-order valence-electron chi connectivity index (χ1n) is 7.41. The second kappa shape index (κ2) is 5.46. The molecule has 0 aliphatic heterocycles. The summed E-state index contributed by atoms with van der Waals surface area (Å²) in [4.78, 5) is 0. The molecule has 1 saturated carbocycles. The van der Waals surface area contributed by atoms with E-state index in [1.165, 1.54) is 24.1 Å². The third-order valence-corrected chi connectivity index (χ3v) is 4.73. The Hall–Kier alpha value is -1.33.